The Morgan fingerprint density at radius 1 is 1.33 bits per heavy atom. The second-order valence-electron chi connectivity index (χ2n) is 8.42. The minimum atomic E-state index is -5.08. The first kappa shape index (κ1) is 25.2. The number of sulfonamides is 1. The number of nitrogens with zero attached hydrogens (tertiary/aromatic N) is 4. The van der Waals surface area contributed by atoms with Crippen LogP contribution in [-0.2, 0) is 28.4 Å². The van der Waals surface area contributed by atoms with Crippen LogP contribution in [0, 0.1) is 11.8 Å². The van der Waals surface area contributed by atoms with E-state index in [9.17, 15) is 21.6 Å². The number of aliphatic carboxylic acids is 1. The van der Waals surface area contributed by atoms with Gasteiger partial charge in [0.1, 0.15) is 5.76 Å². The molecule has 13 heteroatoms. The number of carboxylic acid groups (broad SMARTS) is 1. The van der Waals surface area contributed by atoms with E-state index in [1.165, 1.54) is 6.33 Å². The normalized spacial score (nSPS) is 23.8. The molecule has 1 N–H and O–H groups in total. The number of hydrogen-bond acceptors (Lipinski definition) is 6. The zero-order chi connectivity index (χ0) is 24.4. The standard InChI is InChI=1S/C18H26N4O3S.C2HF3O2/c1-20-12-18(19-13-20)26(23,24)22-9-14-5-3-7-17(16(14)11-22)21(2)10-15-6-4-8-25-15;3-2(4,5)1(6)7/h4,6,8,12-14,16-17H,3,5,7,9-11H2,1-2H3;(H,6,7). The van der Waals surface area contributed by atoms with E-state index in [-0.39, 0.29) is 5.03 Å². The molecule has 0 radical (unpaired) electrons. The van der Waals surface area contributed by atoms with Gasteiger partial charge in [0.2, 0.25) is 0 Å². The van der Waals surface area contributed by atoms with Crippen LogP contribution < -0.4 is 0 Å². The summed E-state index contributed by atoms with van der Waals surface area (Å²) in [5, 5.41) is 7.28. The number of carboxylic acids is 1. The first-order valence-corrected chi connectivity index (χ1v) is 11.8. The molecule has 0 bridgehead atoms. The molecule has 1 aliphatic heterocycles. The zero-order valence-electron chi connectivity index (χ0n) is 18.3. The average molecular weight is 493 g/mol. The number of fused-ring (bicyclic) bond motifs is 1. The molecule has 3 atom stereocenters. The number of carbonyl (C=O) groups is 1. The highest BCUT2D eigenvalue weighted by molar-refractivity contribution is 7.89. The second kappa shape index (κ2) is 9.85. The van der Waals surface area contributed by atoms with Crippen LogP contribution in [0.1, 0.15) is 25.0 Å². The minimum absolute atomic E-state index is 0.152. The van der Waals surface area contributed by atoms with Crippen molar-refractivity contribution in [2.24, 2.45) is 18.9 Å². The van der Waals surface area contributed by atoms with Crippen LogP contribution >= 0.6 is 0 Å². The van der Waals surface area contributed by atoms with Crippen LogP contribution in [-0.4, -0.2) is 70.6 Å². The van der Waals surface area contributed by atoms with Crippen molar-refractivity contribution >= 4 is 16.0 Å². The minimum Gasteiger partial charge on any atom is -0.475 e. The third kappa shape index (κ3) is 5.95. The highest BCUT2D eigenvalue weighted by atomic mass is 32.2. The van der Waals surface area contributed by atoms with E-state index < -0.39 is 22.2 Å². The van der Waals surface area contributed by atoms with Crippen LogP contribution in [0.15, 0.2) is 40.4 Å². The quantitative estimate of drug-likeness (QED) is 0.683. The van der Waals surface area contributed by atoms with Gasteiger partial charge in [-0.25, -0.2) is 18.2 Å². The summed E-state index contributed by atoms with van der Waals surface area (Å²) < 4.78 is 66.4. The molecule has 33 heavy (non-hydrogen) atoms. The molecule has 1 saturated carbocycles. The Labute approximate surface area is 189 Å². The Morgan fingerprint density at radius 2 is 2.03 bits per heavy atom. The van der Waals surface area contributed by atoms with E-state index in [4.69, 9.17) is 14.3 Å². The Hall–Kier alpha value is -2.38. The summed E-state index contributed by atoms with van der Waals surface area (Å²) in [7, 11) is 0.393. The number of halogens is 3. The summed E-state index contributed by atoms with van der Waals surface area (Å²) in [5.74, 6) is -1.02. The maximum Gasteiger partial charge on any atom is 0.490 e. The lowest BCUT2D eigenvalue weighted by molar-refractivity contribution is -0.192. The van der Waals surface area contributed by atoms with Crippen LogP contribution in [0.25, 0.3) is 0 Å². The van der Waals surface area contributed by atoms with Gasteiger partial charge >= 0.3 is 12.1 Å². The number of imidazole rings is 1. The second-order valence-corrected chi connectivity index (χ2v) is 10.3. The molecule has 2 fully saturated rings. The largest absolute Gasteiger partial charge is 0.490 e. The third-order valence-electron chi connectivity index (χ3n) is 6.11. The Balaban J connectivity index is 0.000000383. The lowest BCUT2D eigenvalue weighted by atomic mass is 9.77. The van der Waals surface area contributed by atoms with E-state index in [0.717, 1.165) is 31.6 Å². The van der Waals surface area contributed by atoms with E-state index >= 15 is 0 Å². The number of aromatic nitrogens is 2. The maximum absolute atomic E-state index is 12.9. The number of hydrogen-bond donors (Lipinski definition) is 1. The number of furan rings is 1. The molecule has 0 aromatic carbocycles. The average Bonchev–Trinajstić information content (AvgIpc) is 3.47. The van der Waals surface area contributed by atoms with Crippen molar-refractivity contribution in [2.75, 3.05) is 20.1 Å². The van der Waals surface area contributed by atoms with Crippen molar-refractivity contribution < 1.29 is 35.9 Å². The highest BCUT2D eigenvalue weighted by Gasteiger charge is 2.46. The van der Waals surface area contributed by atoms with Gasteiger partial charge in [-0.3, -0.25) is 4.90 Å². The molecule has 2 aromatic rings. The van der Waals surface area contributed by atoms with E-state index in [0.29, 0.717) is 31.0 Å². The van der Waals surface area contributed by atoms with E-state index in [1.807, 2.05) is 12.1 Å². The molecule has 2 aromatic heterocycles. The summed E-state index contributed by atoms with van der Waals surface area (Å²) in [5.41, 5.74) is 0. The van der Waals surface area contributed by atoms with Crippen LogP contribution in [0.4, 0.5) is 13.2 Å². The fraction of sp³-hybridized carbons (Fsp3) is 0.600. The van der Waals surface area contributed by atoms with Crippen molar-refractivity contribution in [3.63, 3.8) is 0 Å². The van der Waals surface area contributed by atoms with Gasteiger partial charge in [0.25, 0.3) is 10.0 Å². The summed E-state index contributed by atoms with van der Waals surface area (Å²) in [6, 6.07) is 4.27. The number of aryl methyl sites for hydroxylation is 1. The van der Waals surface area contributed by atoms with Crippen molar-refractivity contribution in [3.8, 4) is 0 Å². The topological polar surface area (TPSA) is 109 Å². The van der Waals surface area contributed by atoms with Crippen molar-refractivity contribution in [2.45, 2.75) is 43.1 Å². The van der Waals surface area contributed by atoms with E-state index in [2.05, 4.69) is 16.9 Å². The molecular weight excluding hydrogens is 465 g/mol. The molecule has 3 unspecified atom stereocenters. The third-order valence-corrected chi connectivity index (χ3v) is 7.82. The Kier molecular flexibility index (Phi) is 7.54. The van der Waals surface area contributed by atoms with Gasteiger partial charge in [-0.05, 0) is 43.9 Å². The van der Waals surface area contributed by atoms with Crippen molar-refractivity contribution in [1.29, 1.82) is 0 Å². The maximum atomic E-state index is 12.9. The summed E-state index contributed by atoms with van der Waals surface area (Å²) in [6.45, 7) is 1.94. The van der Waals surface area contributed by atoms with Crippen LogP contribution in [0.3, 0.4) is 0 Å². The van der Waals surface area contributed by atoms with Crippen molar-refractivity contribution in [3.05, 3.63) is 36.7 Å². The van der Waals surface area contributed by atoms with Crippen LogP contribution in [0.2, 0.25) is 0 Å². The first-order chi connectivity index (χ1) is 15.4. The molecule has 184 valence electrons. The molecule has 4 rings (SSSR count). The first-order valence-electron chi connectivity index (χ1n) is 10.4. The fourth-order valence-corrected chi connectivity index (χ4v) is 6.06. The molecular formula is C20H27F3N4O5S. The molecule has 2 aliphatic rings. The highest BCUT2D eigenvalue weighted by Crippen LogP contribution is 2.40. The SMILES string of the molecule is CN(Cc1ccco1)C1CCCC2CN(S(=O)(=O)c3cn(C)cn3)CC21.O=C(O)C(F)(F)F. The van der Waals surface area contributed by atoms with E-state index in [1.54, 1.807) is 28.4 Å². The smallest absolute Gasteiger partial charge is 0.475 e. The Bertz CT molecular complexity index is 1040. The summed E-state index contributed by atoms with van der Waals surface area (Å²) >= 11 is 0. The molecule has 9 nitrogen and oxygen atoms in total. The number of alkyl halides is 3. The van der Waals surface area contributed by atoms with Gasteiger partial charge < -0.3 is 14.1 Å². The van der Waals surface area contributed by atoms with Gasteiger partial charge in [0.15, 0.2) is 5.03 Å². The van der Waals surface area contributed by atoms with Gasteiger partial charge in [0.05, 0.1) is 19.1 Å². The number of rotatable bonds is 5. The molecule has 0 spiro atoms. The Morgan fingerprint density at radius 3 is 2.58 bits per heavy atom. The molecule has 3 heterocycles. The molecule has 1 saturated heterocycles. The van der Waals surface area contributed by atoms with Gasteiger partial charge in [-0.1, -0.05) is 6.42 Å². The predicted octanol–water partition coefficient (Wildman–Crippen LogP) is 2.57. The van der Waals surface area contributed by atoms with Crippen molar-refractivity contribution in [1.82, 2.24) is 18.8 Å². The van der Waals surface area contributed by atoms with Gasteiger partial charge in [-0.2, -0.15) is 17.5 Å². The lowest BCUT2D eigenvalue weighted by Crippen LogP contribution is -2.43. The monoisotopic (exact) mass is 492 g/mol. The molecule has 1 aliphatic carbocycles. The van der Waals surface area contributed by atoms with Gasteiger partial charge in [0, 0.05) is 32.4 Å². The van der Waals surface area contributed by atoms with Gasteiger partial charge in [-0.15, -0.1) is 0 Å². The lowest BCUT2D eigenvalue weighted by Gasteiger charge is -2.38. The molecule has 0 amide bonds. The summed E-state index contributed by atoms with van der Waals surface area (Å²) in [4.78, 5) is 15.3. The fourth-order valence-electron chi connectivity index (χ4n) is 4.56. The van der Waals surface area contributed by atoms with Crippen LogP contribution in [0.5, 0.6) is 0 Å². The zero-order valence-corrected chi connectivity index (χ0v) is 19.1. The predicted molar refractivity (Wildman–Crippen MR) is 110 cm³/mol. The summed E-state index contributed by atoms with van der Waals surface area (Å²) in [6.07, 6.45) is 3.09.